The maximum atomic E-state index is 2.63. The van der Waals surface area contributed by atoms with Gasteiger partial charge in [0.1, 0.15) is 0 Å². The molecule has 0 aliphatic carbocycles. The molecule has 122 valence electrons. The van der Waals surface area contributed by atoms with E-state index in [4.69, 9.17) is 0 Å². The lowest BCUT2D eigenvalue weighted by atomic mass is 10.1. The second-order valence-electron chi connectivity index (χ2n) is 7.12. The van der Waals surface area contributed by atoms with Gasteiger partial charge in [0.2, 0.25) is 0 Å². The van der Waals surface area contributed by atoms with Crippen LogP contribution >= 0.6 is 0 Å². The first-order valence-corrected chi connectivity index (χ1v) is 16.3. The van der Waals surface area contributed by atoms with Gasteiger partial charge in [-0.25, -0.2) is 0 Å². The Kier molecular flexibility index (Phi) is 16.2. The van der Waals surface area contributed by atoms with Gasteiger partial charge in [-0.15, -0.1) is 0 Å². The fourth-order valence-electron chi connectivity index (χ4n) is 3.18. The third-order valence-electron chi connectivity index (χ3n) is 4.80. The van der Waals surface area contributed by atoms with Crippen LogP contribution in [0.1, 0.15) is 90.9 Å². The Morgan fingerprint density at radius 1 is 0.500 bits per heavy atom. The van der Waals surface area contributed by atoms with E-state index in [1.54, 1.807) is 24.9 Å². The molecule has 2 heteroatoms. The molecule has 0 atom stereocenters. The molecule has 0 aromatic heterocycles. The van der Waals surface area contributed by atoms with Crippen molar-refractivity contribution >= 4 is 16.6 Å². The van der Waals surface area contributed by atoms with Gasteiger partial charge in [0.15, 0.2) is 0 Å². The van der Waals surface area contributed by atoms with E-state index in [-0.39, 0.29) is 16.6 Å². The van der Waals surface area contributed by atoms with Crippen molar-refractivity contribution in [2.45, 2.75) is 116 Å². The van der Waals surface area contributed by atoms with Gasteiger partial charge in [-0.3, -0.25) is 0 Å². The highest BCUT2D eigenvalue weighted by molar-refractivity contribution is 7.21. The van der Waals surface area contributed by atoms with Gasteiger partial charge >= 0.3 is 0 Å². The summed E-state index contributed by atoms with van der Waals surface area (Å²) in [6.45, 7) is 9.89. The highest BCUT2D eigenvalue weighted by Gasteiger charge is 2.15. The van der Waals surface area contributed by atoms with Crippen LogP contribution < -0.4 is 0 Å². The minimum Gasteiger partial charge on any atom is -0.0743 e. The average Bonchev–Trinajstić information content (AvgIpc) is 2.43. The molecule has 0 heterocycles. The number of hydrogen-bond donors (Lipinski definition) is 0. The normalized spacial score (nSPS) is 11.7. The highest BCUT2D eigenvalue weighted by Crippen LogP contribution is 2.16. The third kappa shape index (κ3) is 13.4. The van der Waals surface area contributed by atoms with E-state index in [0.29, 0.717) is 0 Å². The predicted molar refractivity (Wildman–Crippen MR) is 102 cm³/mol. The lowest BCUT2D eigenvalue weighted by molar-refractivity contribution is 0.618. The molecule has 0 N–H and O–H groups in total. The molecule has 0 amide bonds. The van der Waals surface area contributed by atoms with Crippen molar-refractivity contribution in [3.8, 4) is 0 Å². The van der Waals surface area contributed by atoms with Crippen LogP contribution in [-0.4, -0.2) is 16.6 Å². The summed E-state index contributed by atoms with van der Waals surface area (Å²) in [5.41, 5.74) is 0. The number of hydrogen-bond acceptors (Lipinski definition) is 0. The molecule has 0 saturated heterocycles. The van der Waals surface area contributed by atoms with Gasteiger partial charge in [0.05, 0.1) is 0 Å². The third-order valence-corrected chi connectivity index (χ3v) is 16.6. The Morgan fingerprint density at radius 2 is 0.850 bits per heavy atom. The van der Waals surface area contributed by atoms with Gasteiger partial charge < -0.3 is 0 Å². The maximum Gasteiger partial charge on any atom is 0.0274 e. The van der Waals surface area contributed by atoms with Gasteiger partial charge in [-0.1, -0.05) is 116 Å². The first kappa shape index (κ1) is 20.4. The minimum atomic E-state index is -0.286. The summed E-state index contributed by atoms with van der Waals surface area (Å²) in [6.07, 6.45) is 17.9. The number of unbranched alkanes of at least 4 members (excludes halogenated alkanes) is 10. The second kappa shape index (κ2) is 15.8. The lowest BCUT2D eigenvalue weighted by Crippen LogP contribution is -2.29. The standard InChI is InChI=1S/C18H42Si2/c1-5-7-9-11-13-15-17-20(19(3)4)18-16-14-12-10-8-6-2/h19-20H,5-18H2,1-4H3. The number of rotatable bonds is 15. The molecule has 0 aliphatic rings. The topological polar surface area (TPSA) is 0 Å². The van der Waals surface area contributed by atoms with Crippen LogP contribution in [0, 0.1) is 0 Å². The summed E-state index contributed by atoms with van der Waals surface area (Å²) < 4.78 is 0. The second-order valence-corrected chi connectivity index (χ2v) is 19.1. The summed E-state index contributed by atoms with van der Waals surface area (Å²) in [5, 5.41) is 0. The molecule has 0 saturated carbocycles. The molecule has 0 aliphatic heterocycles. The Labute approximate surface area is 133 Å². The summed E-state index contributed by atoms with van der Waals surface area (Å²) in [4.78, 5) is 0. The van der Waals surface area contributed by atoms with Crippen LogP contribution in [0.25, 0.3) is 0 Å². The molecule has 0 unspecified atom stereocenters. The summed E-state index contributed by atoms with van der Waals surface area (Å²) in [5.74, 6) is 0. The Morgan fingerprint density at radius 3 is 1.20 bits per heavy atom. The van der Waals surface area contributed by atoms with Gasteiger partial charge in [0.25, 0.3) is 0 Å². The zero-order valence-corrected chi connectivity index (χ0v) is 17.4. The van der Waals surface area contributed by atoms with E-state index in [1.807, 2.05) is 0 Å². The van der Waals surface area contributed by atoms with Crippen LogP contribution in [0.3, 0.4) is 0 Å². The van der Waals surface area contributed by atoms with Crippen LogP contribution in [0.4, 0.5) is 0 Å². The SMILES string of the molecule is CCCCCCCC[SiH](CCCCCCCC)[SiH](C)C. The molecule has 0 radical (unpaired) electrons. The zero-order chi connectivity index (χ0) is 15.1. The van der Waals surface area contributed by atoms with E-state index in [0.717, 1.165) is 0 Å². The Bertz CT molecular complexity index is 164. The molecule has 0 aromatic rings. The summed E-state index contributed by atoms with van der Waals surface area (Å²) >= 11 is 0. The predicted octanol–water partition coefficient (Wildman–Crippen LogP) is 6.50. The van der Waals surface area contributed by atoms with Crippen LogP contribution in [-0.2, 0) is 0 Å². The van der Waals surface area contributed by atoms with Crippen molar-refractivity contribution in [3.05, 3.63) is 0 Å². The molecule has 0 fully saturated rings. The summed E-state index contributed by atoms with van der Waals surface area (Å²) in [6, 6.07) is 3.37. The molecule has 0 spiro atoms. The summed E-state index contributed by atoms with van der Waals surface area (Å²) in [7, 11) is -0.562. The maximum absolute atomic E-state index is 2.63. The van der Waals surface area contributed by atoms with Crippen molar-refractivity contribution in [3.63, 3.8) is 0 Å². The quantitative estimate of drug-likeness (QED) is 0.239. The first-order valence-electron chi connectivity index (χ1n) is 9.72. The van der Waals surface area contributed by atoms with Crippen molar-refractivity contribution in [1.29, 1.82) is 0 Å². The first-order chi connectivity index (χ1) is 9.72. The average molecular weight is 315 g/mol. The van der Waals surface area contributed by atoms with Crippen LogP contribution in [0.5, 0.6) is 0 Å². The molecule has 0 rings (SSSR count). The molecule has 0 aromatic carbocycles. The Balaban J connectivity index is 3.51. The molecule has 0 bridgehead atoms. The van der Waals surface area contributed by atoms with Crippen LogP contribution in [0.15, 0.2) is 0 Å². The van der Waals surface area contributed by atoms with E-state index >= 15 is 0 Å². The van der Waals surface area contributed by atoms with Gasteiger partial charge in [-0.05, 0) is 0 Å². The fraction of sp³-hybridized carbons (Fsp3) is 1.00. The fourth-order valence-corrected chi connectivity index (χ4v) is 11.8. The molecular weight excluding hydrogens is 272 g/mol. The smallest absolute Gasteiger partial charge is 0.0274 e. The van der Waals surface area contributed by atoms with Crippen molar-refractivity contribution in [2.75, 3.05) is 0 Å². The minimum absolute atomic E-state index is 0.276. The molecule has 0 nitrogen and oxygen atoms in total. The molecule has 20 heavy (non-hydrogen) atoms. The molecular formula is C18H42Si2. The van der Waals surface area contributed by atoms with E-state index in [9.17, 15) is 0 Å². The van der Waals surface area contributed by atoms with Crippen molar-refractivity contribution < 1.29 is 0 Å². The highest BCUT2D eigenvalue weighted by atomic mass is 29.2. The Hall–Kier alpha value is 0.434. The largest absolute Gasteiger partial charge is 0.0743 e. The zero-order valence-electron chi connectivity index (χ0n) is 15.1. The van der Waals surface area contributed by atoms with Gasteiger partial charge in [0, 0.05) is 16.6 Å². The van der Waals surface area contributed by atoms with Crippen molar-refractivity contribution in [2.24, 2.45) is 0 Å². The van der Waals surface area contributed by atoms with Crippen molar-refractivity contribution in [1.82, 2.24) is 0 Å². The lowest BCUT2D eigenvalue weighted by Gasteiger charge is -2.18. The van der Waals surface area contributed by atoms with E-state index in [1.165, 1.54) is 64.2 Å². The van der Waals surface area contributed by atoms with Crippen LogP contribution in [0.2, 0.25) is 25.2 Å². The van der Waals surface area contributed by atoms with Gasteiger partial charge in [-0.2, -0.15) is 0 Å². The van der Waals surface area contributed by atoms with E-state index < -0.39 is 0 Å². The van der Waals surface area contributed by atoms with E-state index in [2.05, 4.69) is 26.9 Å². The monoisotopic (exact) mass is 314 g/mol.